The summed E-state index contributed by atoms with van der Waals surface area (Å²) in [4.78, 5) is 11.3. The highest BCUT2D eigenvalue weighted by molar-refractivity contribution is 7.16. The van der Waals surface area contributed by atoms with Crippen LogP contribution in [-0.4, -0.2) is 44.1 Å². The zero-order chi connectivity index (χ0) is 13.9. The fourth-order valence-electron chi connectivity index (χ4n) is 2.32. The molecule has 2 aromatic heterocycles. The zero-order valence-electron chi connectivity index (χ0n) is 11.0. The van der Waals surface area contributed by atoms with Crippen molar-refractivity contribution in [3.05, 3.63) is 10.8 Å². The lowest BCUT2D eigenvalue weighted by molar-refractivity contribution is -0.137. The molecule has 0 spiro atoms. The van der Waals surface area contributed by atoms with Gasteiger partial charge >= 0.3 is 5.97 Å². The Morgan fingerprint density at radius 2 is 2.35 bits per heavy atom. The van der Waals surface area contributed by atoms with E-state index < -0.39 is 5.97 Å². The topological polar surface area (TPSA) is 89.6 Å². The smallest absolute Gasteiger partial charge is 0.303 e. The van der Waals surface area contributed by atoms with Crippen LogP contribution in [0.25, 0.3) is 4.96 Å². The van der Waals surface area contributed by atoms with E-state index in [2.05, 4.69) is 15.3 Å². The van der Waals surface area contributed by atoms with Gasteiger partial charge in [0, 0.05) is 25.4 Å². The van der Waals surface area contributed by atoms with Crippen molar-refractivity contribution in [2.75, 3.05) is 13.2 Å². The summed E-state index contributed by atoms with van der Waals surface area (Å²) in [6.07, 6.45) is 3.49. The van der Waals surface area contributed by atoms with Crippen molar-refractivity contribution in [2.24, 2.45) is 0 Å². The highest BCUT2D eigenvalue weighted by Gasteiger charge is 2.24. The van der Waals surface area contributed by atoms with Crippen LogP contribution in [0.3, 0.4) is 0 Å². The minimum atomic E-state index is -0.744. The average Bonchev–Trinajstić information content (AvgIpc) is 3.09. The van der Waals surface area contributed by atoms with E-state index in [1.165, 1.54) is 11.3 Å². The molecule has 0 aromatic carbocycles. The molecule has 3 heterocycles. The van der Waals surface area contributed by atoms with E-state index in [4.69, 9.17) is 9.84 Å². The molecule has 1 aliphatic rings. The number of rotatable bonds is 6. The van der Waals surface area contributed by atoms with Crippen molar-refractivity contribution in [1.29, 1.82) is 0 Å². The van der Waals surface area contributed by atoms with Gasteiger partial charge in [0.2, 0.25) is 4.96 Å². The van der Waals surface area contributed by atoms with Crippen LogP contribution < -0.4 is 0 Å². The molecule has 0 bridgehead atoms. The number of aliphatic carboxylic acids is 1. The first kappa shape index (κ1) is 13.4. The molecular formula is C12H16N4O3S. The molecule has 0 amide bonds. The van der Waals surface area contributed by atoms with Gasteiger partial charge in [-0.05, 0) is 19.3 Å². The van der Waals surface area contributed by atoms with Gasteiger partial charge in [0.25, 0.3) is 0 Å². The first-order chi connectivity index (χ1) is 9.74. The van der Waals surface area contributed by atoms with E-state index in [1.54, 1.807) is 0 Å². The van der Waals surface area contributed by atoms with Crippen molar-refractivity contribution >= 4 is 22.3 Å². The molecule has 8 heteroatoms. The Hall–Kier alpha value is -1.54. The number of ether oxygens (including phenoxy) is 1. The molecule has 7 nitrogen and oxygen atoms in total. The number of nitrogens with zero attached hydrogens (tertiary/aromatic N) is 4. The third-order valence-electron chi connectivity index (χ3n) is 3.38. The van der Waals surface area contributed by atoms with Gasteiger partial charge < -0.3 is 9.84 Å². The molecule has 108 valence electrons. The van der Waals surface area contributed by atoms with Gasteiger partial charge in [0.1, 0.15) is 5.01 Å². The Labute approximate surface area is 119 Å². The Balaban J connectivity index is 1.66. The lowest BCUT2D eigenvalue weighted by Crippen LogP contribution is -2.05. The Bertz CT molecular complexity index is 603. The zero-order valence-corrected chi connectivity index (χ0v) is 11.8. The molecule has 0 saturated carbocycles. The summed E-state index contributed by atoms with van der Waals surface area (Å²) in [7, 11) is 0. The summed E-state index contributed by atoms with van der Waals surface area (Å²) < 4.78 is 7.19. The lowest BCUT2D eigenvalue weighted by Gasteiger charge is -2.01. The average molecular weight is 296 g/mol. The Kier molecular flexibility index (Phi) is 3.93. The van der Waals surface area contributed by atoms with Gasteiger partial charge in [0.15, 0.2) is 5.82 Å². The number of hydrogen-bond donors (Lipinski definition) is 1. The van der Waals surface area contributed by atoms with Crippen molar-refractivity contribution in [3.63, 3.8) is 0 Å². The summed E-state index contributed by atoms with van der Waals surface area (Å²) in [6, 6.07) is 0. The van der Waals surface area contributed by atoms with Crippen LogP contribution in [0.1, 0.15) is 42.4 Å². The second kappa shape index (κ2) is 5.84. The third kappa shape index (κ3) is 2.80. The normalized spacial score (nSPS) is 18.9. The van der Waals surface area contributed by atoms with Gasteiger partial charge in [-0.25, -0.2) is 0 Å². The van der Waals surface area contributed by atoms with Gasteiger partial charge in [-0.3, -0.25) is 4.79 Å². The minimum absolute atomic E-state index is 0.217. The molecule has 20 heavy (non-hydrogen) atoms. The molecule has 1 fully saturated rings. The molecule has 1 aliphatic heterocycles. The molecule has 2 aromatic rings. The van der Waals surface area contributed by atoms with Crippen LogP contribution >= 0.6 is 11.3 Å². The number of fused-ring (bicyclic) bond motifs is 1. The van der Waals surface area contributed by atoms with Crippen LogP contribution in [0.4, 0.5) is 0 Å². The van der Waals surface area contributed by atoms with E-state index in [-0.39, 0.29) is 12.3 Å². The van der Waals surface area contributed by atoms with Crippen LogP contribution in [0.2, 0.25) is 0 Å². The van der Waals surface area contributed by atoms with Gasteiger partial charge in [-0.15, -0.1) is 10.2 Å². The van der Waals surface area contributed by atoms with Crippen molar-refractivity contribution < 1.29 is 14.6 Å². The monoisotopic (exact) mass is 296 g/mol. The molecular weight excluding hydrogens is 280 g/mol. The minimum Gasteiger partial charge on any atom is -0.481 e. The van der Waals surface area contributed by atoms with Gasteiger partial charge in [-0.2, -0.15) is 9.61 Å². The lowest BCUT2D eigenvalue weighted by atomic mass is 10.1. The molecule has 1 N–H and O–H groups in total. The molecule has 1 saturated heterocycles. The fourth-order valence-corrected chi connectivity index (χ4v) is 3.20. The number of aryl methyl sites for hydroxylation is 1. The summed E-state index contributed by atoms with van der Waals surface area (Å²) in [5, 5.41) is 22.5. The van der Waals surface area contributed by atoms with Gasteiger partial charge in [0.05, 0.1) is 6.61 Å². The number of aromatic nitrogens is 4. The number of carbonyl (C=O) groups is 1. The van der Waals surface area contributed by atoms with E-state index in [1.807, 2.05) is 4.52 Å². The molecule has 3 rings (SSSR count). The second-order valence-corrected chi connectivity index (χ2v) is 5.95. The number of hydrogen-bond acceptors (Lipinski definition) is 6. The third-order valence-corrected chi connectivity index (χ3v) is 4.34. The SMILES string of the molecule is O=C(O)CCCCc1nn2c(C3CCOC3)nnc2s1. The second-order valence-electron chi connectivity index (χ2n) is 4.91. The standard InChI is InChI=1S/C12H16N4O3S/c17-10(18)4-2-1-3-9-15-16-11(8-5-6-19-7-8)13-14-12(16)20-9/h8H,1-7H2,(H,17,18). The van der Waals surface area contributed by atoms with Crippen LogP contribution in [0.15, 0.2) is 0 Å². The number of carboxylic acid groups (broad SMARTS) is 1. The predicted molar refractivity (Wildman–Crippen MR) is 72.0 cm³/mol. The summed E-state index contributed by atoms with van der Waals surface area (Å²) in [6.45, 7) is 1.46. The summed E-state index contributed by atoms with van der Waals surface area (Å²) in [5.41, 5.74) is 0. The van der Waals surface area contributed by atoms with Crippen LogP contribution in [0, 0.1) is 0 Å². The highest BCUT2D eigenvalue weighted by atomic mass is 32.1. The first-order valence-electron chi connectivity index (χ1n) is 6.74. The molecule has 0 radical (unpaired) electrons. The number of carboxylic acids is 1. The maximum absolute atomic E-state index is 10.5. The van der Waals surface area contributed by atoms with Crippen molar-refractivity contribution in [2.45, 2.75) is 38.0 Å². The Morgan fingerprint density at radius 3 is 3.10 bits per heavy atom. The quantitative estimate of drug-likeness (QED) is 0.812. The molecule has 1 unspecified atom stereocenters. The first-order valence-corrected chi connectivity index (χ1v) is 7.56. The maximum Gasteiger partial charge on any atom is 0.303 e. The van der Waals surface area contributed by atoms with Gasteiger partial charge in [-0.1, -0.05) is 11.3 Å². The predicted octanol–water partition coefficient (Wildman–Crippen LogP) is 1.49. The highest BCUT2D eigenvalue weighted by Crippen LogP contribution is 2.25. The van der Waals surface area contributed by atoms with Crippen molar-refractivity contribution in [3.8, 4) is 0 Å². The Morgan fingerprint density at radius 1 is 1.45 bits per heavy atom. The van der Waals surface area contributed by atoms with Crippen molar-refractivity contribution in [1.82, 2.24) is 19.8 Å². The maximum atomic E-state index is 10.5. The summed E-state index contributed by atoms with van der Waals surface area (Å²) >= 11 is 1.53. The molecule has 1 atom stereocenters. The van der Waals surface area contributed by atoms with E-state index in [9.17, 15) is 4.79 Å². The van der Waals surface area contributed by atoms with E-state index in [0.717, 1.165) is 41.7 Å². The van der Waals surface area contributed by atoms with E-state index in [0.29, 0.717) is 13.0 Å². The van der Waals surface area contributed by atoms with Crippen LogP contribution in [-0.2, 0) is 16.0 Å². The fraction of sp³-hybridized carbons (Fsp3) is 0.667. The summed E-state index contributed by atoms with van der Waals surface area (Å²) in [5.74, 6) is 0.421. The molecule has 0 aliphatic carbocycles. The van der Waals surface area contributed by atoms with E-state index >= 15 is 0 Å². The number of unbranched alkanes of at least 4 members (excludes halogenated alkanes) is 1. The van der Waals surface area contributed by atoms with Crippen LogP contribution in [0.5, 0.6) is 0 Å². The largest absolute Gasteiger partial charge is 0.481 e.